The Morgan fingerprint density at radius 3 is 2.65 bits per heavy atom. The van der Waals surface area contributed by atoms with Crippen molar-refractivity contribution in [2.75, 3.05) is 0 Å². The molecule has 2 heterocycles. The number of aromatic nitrogens is 2. The van der Waals surface area contributed by atoms with Crippen LogP contribution >= 0.6 is 0 Å². The van der Waals surface area contributed by atoms with Crippen molar-refractivity contribution < 1.29 is 9.18 Å². The van der Waals surface area contributed by atoms with Crippen LogP contribution in [0.4, 0.5) is 4.39 Å². The van der Waals surface area contributed by atoms with Crippen molar-refractivity contribution in [3.8, 4) is 11.1 Å². The van der Waals surface area contributed by atoms with Crippen LogP contribution < -0.4 is 5.32 Å². The van der Waals surface area contributed by atoms with Gasteiger partial charge in [0.25, 0.3) is 0 Å². The molecule has 1 unspecified atom stereocenters. The molecule has 5 heteroatoms. The molecule has 1 amide bonds. The molecular weight excluding hydrogens is 329 g/mol. The molecule has 3 aromatic rings. The lowest BCUT2D eigenvalue weighted by molar-refractivity contribution is -0.117. The largest absolute Gasteiger partial charge is 0.346 e. The van der Waals surface area contributed by atoms with Gasteiger partial charge in [-0.1, -0.05) is 18.2 Å². The second kappa shape index (κ2) is 8.16. The maximum atomic E-state index is 13.0. The van der Waals surface area contributed by atoms with Crippen molar-refractivity contribution in [1.82, 2.24) is 15.3 Å². The molecule has 1 N–H and O–H groups in total. The molecule has 0 saturated carbocycles. The van der Waals surface area contributed by atoms with Crippen molar-refractivity contribution in [2.45, 2.75) is 13.0 Å². The predicted octanol–water partition coefficient (Wildman–Crippen LogP) is 4.17. The van der Waals surface area contributed by atoms with E-state index in [2.05, 4.69) is 15.3 Å². The smallest absolute Gasteiger partial charge is 0.244 e. The zero-order valence-electron chi connectivity index (χ0n) is 14.3. The van der Waals surface area contributed by atoms with E-state index in [0.29, 0.717) is 0 Å². The van der Waals surface area contributed by atoms with Gasteiger partial charge in [-0.25, -0.2) is 4.98 Å². The van der Waals surface area contributed by atoms with Crippen LogP contribution in [-0.2, 0) is 4.79 Å². The van der Waals surface area contributed by atoms with Crippen molar-refractivity contribution in [1.29, 1.82) is 0 Å². The minimum Gasteiger partial charge on any atom is -0.346 e. The molecule has 0 bridgehead atoms. The normalized spacial score (nSPS) is 12.1. The molecule has 4 nitrogen and oxygen atoms in total. The summed E-state index contributed by atoms with van der Waals surface area (Å²) in [6.45, 7) is 1.92. The Kier molecular flexibility index (Phi) is 5.49. The van der Waals surface area contributed by atoms with E-state index in [1.54, 1.807) is 24.5 Å². The van der Waals surface area contributed by atoms with E-state index < -0.39 is 5.95 Å². The lowest BCUT2D eigenvalue weighted by Gasteiger charge is -2.14. The molecule has 26 heavy (non-hydrogen) atoms. The van der Waals surface area contributed by atoms with E-state index in [9.17, 15) is 9.18 Å². The maximum Gasteiger partial charge on any atom is 0.244 e. The molecule has 130 valence electrons. The Balaban J connectivity index is 1.69. The highest BCUT2D eigenvalue weighted by Gasteiger charge is 2.09. The fraction of sp³-hybridized carbons (Fsp3) is 0.0952. The summed E-state index contributed by atoms with van der Waals surface area (Å²) in [6, 6.07) is 14.2. The standard InChI is InChI=1S/C21H18FN3O/c1-15(25-21(26)8-5-16-9-11-23-12-10-16)17-3-2-4-18(13-17)19-6-7-20(22)24-14-19/h2-15H,1H3,(H,25,26). The van der Waals surface area contributed by atoms with Crippen LogP contribution in [0.3, 0.4) is 0 Å². The van der Waals surface area contributed by atoms with Gasteiger partial charge in [0.2, 0.25) is 11.9 Å². The van der Waals surface area contributed by atoms with Crippen LogP contribution in [0.1, 0.15) is 24.1 Å². The number of pyridine rings is 2. The number of nitrogens with zero attached hydrogens (tertiary/aromatic N) is 2. The Hall–Kier alpha value is -3.34. The van der Waals surface area contributed by atoms with Crippen molar-refractivity contribution in [3.63, 3.8) is 0 Å². The van der Waals surface area contributed by atoms with Gasteiger partial charge < -0.3 is 5.32 Å². The van der Waals surface area contributed by atoms with Gasteiger partial charge in [-0.2, -0.15) is 4.39 Å². The van der Waals surface area contributed by atoms with Gasteiger partial charge in [-0.05, 0) is 60.0 Å². The minimum absolute atomic E-state index is 0.169. The molecule has 0 radical (unpaired) electrons. The van der Waals surface area contributed by atoms with E-state index in [1.807, 2.05) is 43.3 Å². The fourth-order valence-electron chi connectivity index (χ4n) is 2.53. The van der Waals surface area contributed by atoms with Gasteiger partial charge in [-0.15, -0.1) is 0 Å². The van der Waals surface area contributed by atoms with Crippen LogP contribution in [-0.4, -0.2) is 15.9 Å². The molecule has 0 aliphatic heterocycles. The first-order valence-electron chi connectivity index (χ1n) is 8.22. The second-order valence-corrected chi connectivity index (χ2v) is 5.84. The molecule has 1 aromatic carbocycles. The number of carbonyl (C=O) groups excluding carboxylic acids is 1. The van der Waals surface area contributed by atoms with Gasteiger partial charge in [0.1, 0.15) is 0 Å². The summed E-state index contributed by atoms with van der Waals surface area (Å²) in [4.78, 5) is 19.7. The molecule has 0 saturated heterocycles. The topological polar surface area (TPSA) is 54.9 Å². The fourth-order valence-corrected chi connectivity index (χ4v) is 2.53. The average molecular weight is 347 g/mol. The highest BCUT2D eigenvalue weighted by atomic mass is 19.1. The van der Waals surface area contributed by atoms with Crippen molar-refractivity contribution in [2.24, 2.45) is 0 Å². The number of halogens is 1. The monoisotopic (exact) mass is 347 g/mol. The Bertz CT molecular complexity index is 908. The first-order valence-corrected chi connectivity index (χ1v) is 8.22. The summed E-state index contributed by atoms with van der Waals surface area (Å²) in [5.41, 5.74) is 3.61. The summed E-state index contributed by atoms with van der Waals surface area (Å²) in [6.07, 6.45) is 8.09. The minimum atomic E-state index is -0.508. The molecular formula is C21H18FN3O. The lowest BCUT2D eigenvalue weighted by atomic mass is 10.0. The van der Waals surface area contributed by atoms with E-state index in [0.717, 1.165) is 22.3 Å². The zero-order chi connectivity index (χ0) is 18.4. The van der Waals surface area contributed by atoms with Crippen LogP contribution in [0.15, 0.2) is 73.2 Å². The zero-order valence-corrected chi connectivity index (χ0v) is 14.3. The van der Waals surface area contributed by atoms with Crippen LogP contribution in [0, 0.1) is 5.95 Å². The number of rotatable bonds is 5. The number of amides is 1. The van der Waals surface area contributed by atoms with Gasteiger partial charge in [-0.3, -0.25) is 9.78 Å². The van der Waals surface area contributed by atoms with E-state index in [-0.39, 0.29) is 11.9 Å². The third-order valence-electron chi connectivity index (χ3n) is 3.94. The second-order valence-electron chi connectivity index (χ2n) is 5.84. The SMILES string of the molecule is CC(NC(=O)C=Cc1ccncc1)c1cccc(-c2ccc(F)nc2)c1. The summed E-state index contributed by atoms with van der Waals surface area (Å²) < 4.78 is 13.0. The first-order chi connectivity index (χ1) is 12.6. The van der Waals surface area contributed by atoms with Gasteiger partial charge in [0.05, 0.1) is 6.04 Å². The van der Waals surface area contributed by atoms with E-state index in [1.165, 1.54) is 18.3 Å². The summed E-state index contributed by atoms with van der Waals surface area (Å²) >= 11 is 0. The Morgan fingerprint density at radius 1 is 1.12 bits per heavy atom. The third kappa shape index (κ3) is 4.60. The molecule has 0 fully saturated rings. The number of nitrogens with one attached hydrogen (secondary N) is 1. The summed E-state index contributed by atoms with van der Waals surface area (Å²) in [5.74, 6) is -0.685. The van der Waals surface area contributed by atoms with Crippen LogP contribution in [0.5, 0.6) is 0 Å². The number of hydrogen-bond donors (Lipinski definition) is 1. The highest BCUT2D eigenvalue weighted by molar-refractivity contribution is 5.91. The van der Waals surface area contributed by atoms with E-state index in [4.69, 9.17) is 0 Å². The molecule has 0 aliphatic rings. The van der Waals surface area contributed by atoms with E-state index >= 15 is 0 Å². The van der Waals surface area contributed by atoms with Gasteiger partial charge in [0.15, 0.2) is 0 Å². The molecule has 0 aliphatic carbocycles. The maximum absolute atomic E-state index is 13.0. The van der Waals surface area contributed by atoms with Gasteiger partial charge in [0, 0.05) is 30.2 Å². The molecule has 2 aromatic heterocycles. The number of hydrogen-bond acceptors (Lipinski definition) is 3. The van der Waals surface area contributed by atoms with Gasteiger partial charge >= 0.3 is 0 Å². The summed E-state index contributed by atoms with van der Waals surface area (Å²) in [7, 11) is 0. The Labute approximate surface area is 151 Å². The predicted molar refractivity (Wildman–Crippen MR) is 99.5 cm³/mol. The average Bonchev–Trinajstić information content (AvgIpc) is 2.68. The molecule has 1 atom stereocenters. The number of benzene rings is 1. The first kappa shape index (κ1) is 17.5. The highest BCUT2D eigenvalue weighted by Crippen LogP contribution is 2.22. The van der Waals surface area contributed by atoms with Crippen molar-refractivity contribution >= 4 is 12.0 Å². The van der Waals surface area contributed by atoms with Crippen LogP contribution in [0.2, 0.25) is 0 Å². The quantitative estimate of drug-likeness (QED) is 0.557. The molecule has 3 rings (SSSR count). The van der Waals surface area contributed by atoms with Crippen molar-refractivity contribution in [3.05, 3.63) is 90.3 Å². The van der Waals surface area contributed by atoms with Crippen LogP contribution in [0.25, 0.3) is 17.2 Å². The lowest BCUT2D eigenvalue weighted by Crippen LogP contribution is -2.24. The summed E-state index contributed by atoms with van der Waals surface area (Å²) in [5, 5.41) is 2.94. The number of carbonyl (C=O) groups is 1. The molecule has 0 spiro atoms. The third-order valence-corrected chi connectivity index (χ3v) is 3.94. The Morgan fingerprint density at radius 2 is 1.92 bits per heavy atom.